The van der Waals surface area contributed by atoms with Crippen molar-refractivity contribution in [1.29, 1.82) is 0 Å². The van der Waals surface area contributed by atoms with Crippen LogP contribution >= 0.6 is 11.5 Å². The molecule has 29 heavy (non-hydrogen) atoms. The lowest BCUT2D eigenvalue weighted by atomic mass is 9.90. The highest BCUT2D eigenvalue weighted by atomic mass is 32.1. The van der Waals surface area contributed by atoms with Crippen LogP contribution in [0.15, 0.2) is 39.9 Å². The highest BCUT2D eigenvalue weighted by molar-refractivity contribution is 7.12. The van der Waals surface area contributed by atoms with Gasteiger partial charge in [0.25, 0.3) is 5.56 Å². The molecule has 3 heterocycles. The van der Waals surface area contributed by atoms with Crippen molar-refractivity contribution in [3.8, 4) is 11.1 Å². The lowest BCUT2D eigenvalue weighted by Crippen LogP contribution is -2.24. The van der Waals surface area contributed by atoms with E-state index in [-0.39, 0.29) is 27.8 Å². The number of nitrogens with zero attached hydrogens (tertiary/aromatic N) is 1. The molecular weight excluding hydrogens is 389 g/mol. The predicted molar refractivity (Wildman–Crippen MR) is 113 cm³/mol. The van der Waals surface area contributed by atoms with Crippen molar-refractivity contribution in [3.05, 3.63) is 67.9 Å². The molecule has 146 valence electrons. The fourth-order valence-electron chi connectivity index (χ4n) is 4.54. The number of aromatic nitrogens is 2. The standard InChI is InChI=1S/C22H18FN3O2S/c23-17-8-16-18(9-15(17)14-3-1-2-11-10-24-7-6-13(11)14)26(12-4-5-12)22-19(20(16)27)21(28)25-29-22/h1-3,8-9,12,24H,4-7,10H2,(H,25,28). The van der Waals surface area contributed by atoms with Crippen LogP contribution in [0.2, 0.25) is 0 Å². The Morgan fingerprint density at radius 1 is 1.14 bits per heavy atom. The van der Waals surface area contributed by atoms with E-state index < -0.39 is 5.82 Å². The van der Waals surface area contributed by atoms with Crippen LogP contribution in [0.1, 0.15) is 30.0 Å². The summed E-state index contributed by atoms with van der Waals surface area (Å²) in [4.78, 5) is 25.9. The number of hydrogen-bond acceptors (Lipinski definition) is 4. The Hall–Kier alpha value is -2.77. The first-order valence-corrected chi connectivity index (χ1v) is 10.7. The van der Waals surface area contributed by atoms with Gasteiger partial charge in [-0.1, -0.05) is 18.2 Å². The zero-order chi connectivity index (χ0) is 19.7. The topological polar surface area (TPSA) is 66.9 Å². The van der Waals surface area contributed by atoms with Crippen LogP contribution in [0.5, 0.6) is 0 Å². The molecule has 0 spiro atoms. The molecule has 0 bridgehead atoms. The van der Waals surface area contributed by atoms with Crippen LogP contribution in [0, 0.1) is 5.82 Å². The van der Waals surface area contributed by atoms with Gasteiger partial charge in [0.05, 0.1) is 5.52 Å². The number of nitrogens with one attached hydrogen (secondary N) is 2. The van der Waals surface area contributed by atoms with E-state index >= 15 is 4.39 Å². The second-order valence-electron chi connectivity index (χ2n) is 7.86. The number of H-pyrrole nitrogens is 1. The minimum absolute atomic E-state index is 0.143. The van der Waals surface area contributed by atoms with Crippen molar-refractivity contribution in [3.63, 3.8) is 0 Å². The van der Waals surface area contributed by atoms with E-state index in [1.807, 2.05) is 18.2 Å². The number of aromatic amines is 1. The molecule has 0 atom stereocenters. The smallest absolute Gasteiger partial charge is 0.271 e. The van der Waals surface area contributed by atoms with Crippen molar-refractivity contribution in [2.24, 2.45) is 0 Å². The first-order valence-electron chi connectivity index (χ1n) is 9.84. The minimum atomic E-state index is -0.421. The second kappa shape index (κ2) is 6.11. The summed E-state index contributed by atoms with van der Waals surface area (Å²) in [5.41, 5.74) is 3.69. The van der Waals surface area contributed by atoms with Crippen molar-refractivity contribution in [2.45, 2.75) is 31.8 Å². The van der Waals surface area contributed by atoms with Gasteiger partial charge in [0.1, 0.15) is 16.0 Å². The Morgan fingerprint density at radius 2 is 2.00 bits per heavy atom. The Morgan fingerprint density at radius 3 is 2.83 bits per heavy atom. The first kappa shape index (κ1) is 17.1. The molecule has 4 aromatic rings. The van der Waals surface area contributed by atoms with Gasteiger partial charge in [-0.15, -0.1) is 0 Å². The molecule has 1 fully saturated rings. The molecule has 0 saturated heterocycles. The maximum atomic E-state index is 15.3. The van der Waals surface area contributed by atoms with E-state index in [2.05, 4.69) is 20.3 Å². The summed E-state index contributed by atoms with van der Waals surface area (Å²) < 4.78 is 20.0. The molecule has 1 aliphatic carbocycles. The van der Waals surface area contributed by atoms with E-state index in [4.69, 9.17) is 0 Å². The number of halogens is 1. The van der Waals surface area contributed by atoms with Crippen LogP contribution in [0.25, 0.3) is 32.2 Å². The Bertz CT molecular complexity index is 1430. The Kier molecular flexibility index (Phi) is 3.61. The van der Waals surface area contributed by atoms with E-state index in [1.165, 1.54) is 23.2 Å². The fourth-order valence-corrected chi connectivity index (χ4v) is 5.46. The quantitative estimate of drug-likeness (QED) is 0.533. The van der Waals surface area contributed by atoms with Gasteiger partial charge >= 0.3 is 0 Å². The summed E-state index contributed by atoms with van der Waals surface area (Å²) in [7, 11) is 0. The van der Waals surface area contributed by atoms with Gasteiger partial charge in [0.15, 0.2) is 0 Å². The van der Waals surface area contributed by atoms with Crippen molar-refractivity contribution < 1.29 is 4.39 Å². The summed E-state index contributed by atoms with van der Waals surface area (Å²) in [6, 6.07) is 9.37. The molecule has 0 radical (unpaired) electrons. The lowest BCUT2D eigenvalue weighted by Gasteiger charge is -2.21. The number of hydrogen-bond donors (Lipinski definition) is 2. The van der Waals surface area contributed by atoms with Crippen LogP contribution < -0.4 is 16.3 Å². The van der Waals surface area contributed by atoms with Crippen LogP contribution in [-0.2, 0) is 13.0 Å². The lowest BCUT2D eigenvalue weighted by molar-refractivity contribution is 0.629. The third-order valence-corrected chi connectivity index (χ3v) is 6.94. The molecule has 1 aliphatic heterocycles. The van der Waals surface area contributed by atoms with Crippen molar-refractivity contribution in [2.75, 3.05) is 6.54 Å². The first-order chi connectivity index (χ1) is 14.1. The molecule has 5 nitrogen and oxygen atoms in total. The number of rotatable bonds is 2. The van der Waals surface area contributed by atoms with Gasteiger partial charge in [-0.05, 0) is 66.2 Å². The third kappa shape index (κ3) is 2.47. The summed E-state index contributed by atoms with van der Waals surface area (Å²) in [6.45, 7) is 1.65. The summed E-state index contributed by atoms with van der Waals surface area (Å²) in [6.07, 6.45) is 2.84. The summed E-state index contributed by atoms with van der Waals surface area (Å²) in [5.74, 6) is -0.421. The molecule has 0 amide bonds. The largest absolute Gasteiger partial charge is 0.328 e. The van der Waals surface area contributed by atoms with Crippen molar-refractivity contribution >= 4 is 32.7 Å². The molecule has 2 aliphatic rings. The van der Waals surface area contributed by atoms with Crippen LogP contribution in [0.3, 0.4) is 0 Å². The minimum Gasteiger partial charge on any atom is -0.328 e. The molecule has 1 saturated carbocycles. The Labute approximate surface area is 168 Å². The molecule has 0 unspecified atom stereocenters. The predicted octanol–water partition coefficient (Wildman–Crippen LogP) is 3.69. The second-order valence-corrected chi connectivity index (χ2v) is 8.66. The zero-order valence-corrected chi connectivity index (χ0v) is 16.4. The van der Waals surface area contributed by atoms with E-state index in [0.717, 1.165) is 43.5 Å². The SMILES string of the molecule is O=c1[nH]sc2c1c(=O)c1cc(F)c(-c3cccc4c3CCNC4)cc1n2C1CC1. The molecule has 2 aromatic carbocycles. The Balaban J connectivity index is 1.72. The average Bonchev–Trinajstić information content (AvgIpc) is 3.50. The molecule has 2 aromatic heterocycles. The number of benzene rings is 2. The highest BCUT2D eigenvalue weighted by Gasteiger charge is 2.29. The molecular formula is C22H18FN3O2S. The number of fused-ring (bicyclic) bond motifs is 3. The van der Waals surface area contributed by atoms with E-state index in [0.29, 0.717) is 15.9 Å². The molecule has 7 heteroatoms. The summed E-state index contributed by atoms with van der Waals surface area (Å²) >= 11 is 1.19. The average molecular weight is 407 g/mol. The van der Waals surface area contributed by atoms with E-state index in [9.17, 15) is 9.59 Å². The number of pyridine rings is 1. The highest BCUT2D eigenvalue weighted by Crippen LogP contribution is 2.41. The van der Waals surface area contributed by atoms with Gasteiger partial charge in [-0.2, -0.15) is 0 Å². The van der Waals surface area contributed by atoms with Gasteiger partial charge in [0.2, 0.25) is 5.43 Å². The monoisotopic (exact) mass is 407 g/mol. The van der Waals surface area contributed by atoms with Crippen LogP contribution in [-0.4, -0.2) is 15.5 Å². The van der Waals surface area contributed by atoms with Gasteiger partial charge in [-0.25, -0.2) is 4.39 Å². The fraction of sp³-hybridized carbons (Fsp3) is 0.273. The maximum Gasteiger partial charge on any atom is 0.271 e. The van der Waals surface area contributed by atoms with E-state index in [1.54, 1.807) is 0 Å². The van der Waals surface area contributed by atoms with Gasteiger partial charge < -0.3 is 9.88 Å². The third-order valence-electron chi connectivity index (χ3n) is 6.06. The van der Waals surface area contributed by atoms with Crippen molar-refractivity contribution in [1.82, 2.24) is 14.3 Å². The zero-order valence-electron chi connectivity index (χ0n) is 15.5. The van der Waals surface area contributed by atoms with Gasteiger partial charge in [0, 0.05) is 23.5 Å². The summed E-state index contributed by atoms with van der Waals surface area (Å²) in [5, 5.41) is 3.78. The maximum absolute atomic E-state index is 15.3. The normalized spacial score (nSPS) is 16.4. The molecule has 6 rings (SSSR count). The van der Waals surface area contributed by atoms with Gasteiger partial charge in [-0.3, -0.25) is 14.0 Å². The van der Waals surface area contributed by atoms with Crippen LogP contribution in [0.4, 0.5) is 4.39 Å². The molecule has 2 N–H and O–H groups in total.